The van der Waals surface area contributed by atoms with Gasteiger partial charge in [-0.05, 0) is 30.7 Å². The summed E-state index contributed by atoms with van der Waals surface area (Å²) in [6.07, 6.45) is 0. The summed E-state index contributed by atoms with van der Waals surface area (Å²) in [6, 6.07) is 5.63. The number of halogens is 4. The highest BCUT2D eigenvalue weighted by molar-refractivity contribution is 6.35. The zero-order valence-corrected chi connectivity index (χ0v) is 10.6. The number of ketones is 1. The summed E-state index contributed by atoms with van der Waals surface area (Å²) < 4.78 is 39.9. The number of benzene rings is 2. The van der Waals surface area contributed by atoms with Crippen LogP contribution in [0.4, 0.5) is 13.2 Å². The Bertz CT molecular complexity index is 668. The van der Waals surface area contributed by atoms with E-state index < -0.39 is 23.2 Å². The monoisotopic (exact) mass is 284 g/mol. The molecular weight excluding hydrogens is 277 g/mol. The van der Waals surface area contributed by atoms with Gasteiger partial charge in [-0.1, -0.05) is 23.7 Å². The van der Waals surface area contributed by atoms with Crippen LogP contribution in [0.5, 0.6) is 0 Å². The average Bonchev–Trinajstić information content (AvgIpc) is 2.36. The van der Waals surface area contributed by atoms with Gasteiger partial charge in [0.2, 0.25) is 0 Å². The third-order valence-corrected chi connectivity index (χ3v) is 3.00. The van der Waals surface area contributed by atoms with Crippen molar-refractivity contribution in [2.24, 2.45) is 0 Å². The van der Waals surface area contributed by atoms with Gasteiger partial charge >= 0.3 is 0 Å². The van der Waals surface area contributed by atoms with Crippen LogP contribution in [0.1, 0.15) is 21.5 Å². The normalized spacial score (nSPS) is 10.6. The van der Waals surface area contributed by atoms with Gasteiger partial charge in [0.1, 0.15) is 5.82 Å². The molecule has 0 radical (unpaired) electrons. The molecule has 2 rings (SSSR count). The van der Waals surface area contributed by atoms with Crippen LogP contribution in [-0.4, -0.2) is 5.78 Å². The van der Waals surface area contributed by atoms with Crippen molar-refractivity contribution in [1.29, 1.82) is 0 Å². The molecule has 2 aromatic carbocycles. The predicted molar refractivity (Wildman–Crippen MR) is 65.9 cm³/mol. The van der Waals surface area contributed by atoms with Crippen molar-refractivity contribution in [2.45, 2.75) is 6.92 Å². The van der Waals surface area contributed by atoms with Crippen molar-refractivity contribution in [2.75, 3.05) is 0 Å². The minimum Gasteiger partial charge on any atom is -0.288 e. The van der Waals surface area contributed by atoms with Crippen LogP contribution in [0, 0.1) is 24.4 Å². The summed E-state index contributed by atoms with van der Waals surface area (Å²) in [4.78, 5) is 12.1. The molecular formula is C14H8ClF3O. The Morgan fingerprint density at radius 1 is 1.05 bits per heavy atom. The van der Waals surface area contributed by atoms with Gasteiger partial charge in [-0.25, -0.2) is 13.2 Å². The Kier molecular flexibility index (Phi) is 3.62. The van der Waals surface area contributed by atoms with E-state index in [2.05, 4.69) is 0 Å². The minimum absolute atomic E-state index is 0.229. The first-order chi connectivity index (χ1) is 8.91. The second-order valence-corrected chi connectivity index (χ2v) is 4.42. The maximum atomic E-state index is 13.8. The smallest absolute Gasteiger partial charge is 0.197 e. The van der Waals surface area contributed by atoms with Gasteiger partial charge in [-0.2, -0.15) is 0 Å². The number of aryl methyl sites for hydroxylation is 1. The minimum atomic E-state index is -1.21. The lowest BCUT2D eigenvalue weighted by Gasteiger charge is -2.07. The standard InChI is InChI=1S/C14H8ClF3O/c1-7-3-2-4-8(13(7)18)14(19)9-5-11(16)12(17)6-10(9)15/h2-6H,1H3. The van der Waals surface area contributed by atoms with Crippen LogP contribution in [0.3, 0.4) is 0 Å². The molecule has 0 spiro atoms. The highest BCUT2D eigenvalue weighted by Gasteiger charge is 2.20. The van der Waals surface area contributed by atoms with Crippen molar-refractivity contribution in [3.05, 3.63) is 69.5 Å². The molecule has 0 amide bonds. The van der Waals surface area contributed by atoms with E-state index in [1.54, 1.807) is 0 Å². The first-order valence-corrected chi connectivity index (χ1v) is 5.74. The van der Waals surface area contributed by atoms with E-state index in [1.807, 2.05) is 0 Å². The number of rotatable bonds is 2. The molecule has 0 unspecified atom stereocenters. The zero-order chi connectivity index (χ0) is 14.2. The summed E-state index contributed by atoms with van der Waals surface area (Å²) in [5.41, 5.74) is -0.220. The zero-order valence-electron chi connectivity index (χ0n) is 9.81. The molecule has 0 aromatic heterocycles. The molecule has 0 atom stereocenters. The van der Waals surface area contributed by atoms with Crippen molar-refractivity contribution in [3.8, 4) is 0 Å². The van der Waals surface area contributed by atoms with E-state index in [4.69, 9.17) is 11.6 Å². The number of hydrogen-bond acceptors (Lipinski definition) is 1. The van der Waals surface area contributed by atoms with E-state index in [1.165, 1.54) is 25.1 Å². The Labute approximate surface area is 112 Å². The molecule has 19 heavy (non-hydrogen) atoms. The summed E-state index contributed by atoms with van der Waals surface area (Å²) >= 11 is 5.69. The lowest BCUT2D eigenvalue weighted by Crippen LogP contribution is -2.07. The fourth-order valence-corrected chi connectivity index (χ4v) is 1.90. The van der Waals surface area contributed by atoms with E-state index in [-0.39, 0.29) is 21.7 Å². The molecule has 1 nitrogen and oxygen atoms in total. The molecule has 0 saturated heterocycles. The first kappa shape index (κ1) is 13.6. The van der Waals surface area contributed by atoms with Gasteiger partial charge in [-0.15, -0.1) is 0 Å². The third kappa shape index (κ3) is 2.49. The van der Waals surface area contributed by atoms with Crippen molar-refractivity contribution >= 4 is 17.4 Å². The summed E-state index contributed by atoms with van der Waals surface area (Å²) in [6.45, 7) is 1.50. The fraction of sp³-hybridized carbons (Fsp3) is 0.0714. The Morgan fingerprint density at radius 2 is 1.68 bits per heavy atom. The molecule has 0 bridgehead atoms. The average molecular weight is 285 g/mol. The van der Waals surface area contributed by atoms with Gasteiger partial charge in [0.15, 0.2) is 17.4 Å². The second-order valence-electron chi connectivity index (χ2n) is 4.01. The number of carbonyl (C=O) groups excluding carboxylic acids is 1. The van der Waals surface area contributed by atoms with Gasteiger partial charge in [0.25, 0.3) is 0 Å². The highest BCUT2D eigenvalue weighted by Crippen LogP contribution is 2.24. The van der Waals surface area contributed by atoms with Crippen molar-refractivity contribution in [3.63, 3.8) is 0 Å². The van der Waals surface area contributed by atoms with Crippen LogP contribution < -0.4 is 0 Å². The first-order valence-electron chi connectivity index (χ1n) is 5.36. The number of carbonyl (C=O) groups is 1. The van der Waals surface area contributed by atoms with Crippen LogP contribution in [0.25, 0.3) is 0 Å². The fourth-order valence-electron chi connectivity index (χ4n) is 1.66. The van der Waals surface area contributed by atoms with Gasteiger partial charge in [0, 0.05) is 5.56 Å². The highest BCUT2D eigenvalue weighted by atomic mass is 35.5. The van der Waals surface area contributed by atoms with Crippen LogP contribution in [0.15, 0.2) is 30.3 Å². The third-order valence-electron chi connectivity index (χ3n) is 2.69. The van der Waals surface area contributed by atoms with Gasteiger partial charge in [-0.3, -0.25) is 4.79 Å². The van der Waals surface area contributed by atoms with E-state index in [0.717, 1.165) is 0 Å². The van der Waals surface area contributed by atoms with Gasteiger partial charge < -0.3 is 0 Å². The molecule has 0 aliphatic heterocycles. The molecule has 2 aromatic rings. The summed E-state index contributed by atoms with van der Waals surface area (Å²) in [7, 11) is 0. The van der Waals surface area contributed by atoms with Crippen LogP contribution in [-0.2, 0) is 0 Å². The van der Waals surface area contributed by atoms with E-state index in [0.29, 0.717) is 12.1 Å². The maximum absolute atomic E-state index is 13.8. The largest absolute Gasteiger partial charge is 0.288 e. The molecule has 0 aliphatic rings. The van der Waals surface area contributed by atoms with Crippen molar-refractivity contribution in [1.82, 2.24) is 0 Å². The molecule has 0 saturated carbocycles. The summed E-state index contributed by atoms with van der Waals surface area (Å²) in [5.74, 6) is -3.86. The molecule has 0 heterocycles. The second kappa shape index (κ2) is 5.05. The molecule has 98 valence electrons. The quantitative estimate of drug-likeness (QED) is 0.594. The molecule has 0 aliphatic carbocycles. The summed E-state index contributed by atoms with van der Waals surface area (Å²) in [5, 5.41) is -0.259. The Hall–Kier alpha value is -1.81. The van der Waals surface area contributed by atoms with Crippen LogP contribution in [0.2, 0.25) is 5.02 Å². The van der Waals surface area contributed by atoms with E-state index >= 15 is 0 Å². The molecule has 5 heteroatoms. The molecule has 0 N–H and O–H groups in total. The van der Waals surface area contributed by atoms with Crippen LogP contribution >= 0.6 is 11.6 Å². The lowest BCUT2D eigenvalue weighted by atomic mass is 10.0. The Balaban J connectivity index is 2.56. The van der Waals surface area contributed by atoms with E-state index in [9.17, 15) is 18.0 Å². The van der Waals surface area contributed by atoms with Gasteiger partial charge in [0.05, 0.1) is 10.6 Å². The predicted octanol–water partition coefficient (Wildman–Crippen LogP) is 4.30. The molecule has 0 fully saturated rings. The maximum Gasteiger partial charge on any atom is 0.197 e. The Morgan fingerprint density at radius 3 is 2.37 bits per heavy atom. The lowest BCUT2D eigenvalue weighted by molar-refractivity contribution is 0.103. The topological polar surface area (TPSA) is 17.1 Å². The number of hydrogen-bond donors (Lipinski definition) is 0. The van der Waals surface area contributed by atoms with Crippen molar-refractivity contribution < 1.29 is 18.0 Å². The SMILES string of the molecule is Cc1cccc(C(=O)c2cc(F)c(F)cc2Cl)c1F.